The van der Waals surface area contributed by atoms with Gasteiger partial charge in [-0.15, -0.1) is 0 Å². The van der Waals surface area contributed by atoms with Crippen molar-refractivity contribution in [1.29, 1.82) is 0 Å². The zero-order chi connectivity index (χ0) is 13.0. The first-order valence-electron chi connectivity index (χ1n) is 4.47. The van der Waals surface area contributed by atoms with E-state index in [2.05, 4.69) is 0 Å². The molecule has 1 aromatic rings. The predicted octanol–water partition coefficient (Wildman–Crippen LogP) is 1.90. The van der Waals surface area contributed by atoms with E-state index >= 15 is 0 Å². The third-order valence-electron chi connectivity index (χ3n) is 1.92. The summed E-state index contributed by atoms with van der Waals surface area (Å²) in [5, 5.41) is 18.3. The van der Waals surface area contributed by atoms with Crippen LogP contribution in [0.15, 0.2) is 24.3 Å². The van der Waals surface area contributed by atoms with Crippen molar-refractivity contribution in [2.45, 2.75) is 0 Å². The van der Waals surface area contributed by atoms with Gasteiger partial charge in [-0.3, -0.25) is 4.79 Å². The Kier molecular flexibility index (Phi) is 4.12. The molecule has 0 aliphatic carbocycles. The lowest BCUT2D eigenvalue weighted by Gasteiger charge is -2.07. The lowest BCUT2D eigenvalue weighted by atomic mass is 10.1. The summed E-state index contributed by atoms with van der Waals surface area (Å²) < 4.78 is 4.95. The Labute approximate surface area is 102 Å². The molecule has 6 heteroatoms. The molecule has 0 aliphatic rings. The van der Waals surface area contributed by atoms with Gasteiger partial charge in [0.15, 0.2) is 0 Å². The molecule has 1 rings (SSSR count). The molecular formula is C11H9ClO5. The van der Waals surface area contributed by atoms with Crippen LogP contribution >= 0.6 is 11.6 Å². The van der Waals surface area contributed by atoms with Gasteiger partial charge < -0.3 is 14.9 Å². The number of halogens is 1. The van der Waals surface area contributed by atoms with Gasteiger partial charge in [0.2, 0.25) is 0 Å². The smallest absolute Gasteiger partial charge is 0.376 e. The summed E-state index contributed by atoms with van der Waals surface area (Å²) in [6, 6.07) is 4.39. The van der Waals surface area contributed by atoms with Crippen LogP contribution in [0.4, 0.5) is 0 Å². The van der Waals surface area contributed by atoms with Crippen molar-refractivity contribution < 1.29 is 24.5 Å². The Morgan fingerprint density at radius 3 is 2.53 bits per heavy atom. The molecule has 0 unspecified atom stereocenters. The first kappa shape index (κ1) is 13.1. The van der Waals surface area contributed by atoms with Gasteiger partial charge in [0, 0.05) is 11.1 Å². The van der Waals surface area contributed by atoms with Gasteiger partial charge >= 0.3 is 5.97 Å². The number of ketones is 1. The number of ether oxygens (including phenoxy) is 1. The number of carbonyl (C=O) groups is 2. The summed E-state index contributed by atoms with van der Waals surface area (Å²) in [6.07, 6.45) is 0.594. The number of aliphatic hydroxyl groups excluding tert-OH is 1. The van der Waals surface area contributed by atoms with E-state index in [9.17, 15) is 14.7 Å². The Hall–Kier alpha value is -2.01. The number of methoxy groups -OCH3 is 1. The maximum atomic E-state index is 10.9. The van der Waals surface area contributed by atoms with Crippen LogP contribution in [-0.2, 0) is 9.59 Å². The number of carboxylic acid groups (broad SMARTS) is 1. The first-order chi connectivity index (χ1) is 7.95. The number of rotatable bonds is 4. The molecule has 17 heavy (non-hydrogen) atoms. The highest BCUT2D eigenvalue weighted by molar-refractivity contribution is 6.38. The van der Waals surface area contributed by atoms with Crippen molar-refractivity contribution in [3.8, 4) is 5.75 Å². The van der Waals surface area contributed by atoms with Crippen molar-refractivity contribution in [2.75, 3.05) is 7.11 Å². The monoisotopic (exact) mass is 256 g/mol. The van der Waals surface area contributed by atoms with E-state index in [0.29, 0.717) is 11.1 Å². The molecule has 2 N–H and O–H groups in total. The predicted molar refractivity (Wildman–Crippen MR) is 61.3 cm³/mol. The maximum absolute atomic E-state index is 10.9. The summed E-state index contributed by atoms with van der Waals surface area (Å²) in [7, 11) is 1.37. The number of aliphatic hydroxyl groups is 1. The van der Waals surface area contributed by atoms with Crippen LogP contribution in [0.25, 0.3) is 5.76 Å². The Morgan fingerprint density at radius 2 is 2.00 bits per heavy atom. The average molecular weight is 257 g/mol. The molecule has 0 spiro atoms. The number of carbonyl (C=O) groups excluding carboxylic acids is 1. The van der Waals surface area contributed by atoms with Crippen molar-refractivity contribution in [1.82, 2.24) is 0 Å². The third kappa shape index (κ3) is 3.22. The van der Waals surface area contributed by atoms with Crippen LogP contribution < -0.4 is 4.74 Å². The SMILES string of the molecule is COc1ccc(Cl)cc1C(O)=CC(=O)C(=O)O. The Bertz CT molecular complexity index is 493. The molecule has 0 aliphatic heterocycles. The summed E-state index contributed by atoms with van der Waals surface area (Å²) in [5.74, 6) is -3.12. The van der Waals surface area contributed by atoms with E-state index < -0.39 is 17.5 Å². The second-order valence-electron chi connectivity index (χ2n) is 3.04. The topological polar surface area (TPSA) is 83.8 Å². The lowest BCUT2D eigenvalue weighted by Crippen LogP contribution is -2.09. The Balaban J connectivity index is 3.19. The van der Waals surface area contributed by atoms with Crippen LogP contribution in [0.5, 0.6) is 5.75 Å². The molecule has 5 nitrogen and oxygen atoms in total. The van der Waals surface area contributed by atoms with Gasteiger partial charge in [-0.05, 0) is 18.2 Å². The van der Waals surface area contributed by atoms with E-state index in [4.69, 9.17) is 21.4 Å². The van der Waals surface area contributed by atoms with E-state index in [-0.39, 0.29) is 11.3 Å². The summed E-state index contributed by atoms with van der Waals surface area (Å²) in [5.41, 5.74) is 0.148. The highest BCUT2D eigenvalue weighted by Gasteiger charge is 2.13. The van der Waals surface area contributed by atoms with Crippen molar-refractivity contribution in [2.24, 2.45) is 0 Å². The molecule has 0 fully saturated rings. The number of hydrogen-bond acceptors (Lipinski definition) is 4. The lowest BCUT2D eigenvalue weighted by molar-refractivity contribution is -0.146. The molecule has 0 aromatic heterocycles. The summed E-state index contributed by atoms with van der Waals surface area (Å²) in [4.78, 5) is 21.2. The zero-order valence-electron chi connectivity index (χ0n) is 8.81. The fourth-order valence-corrected chi connectivity index (χ4v) is 1.32. The maximum Gasteiger partial charge on any atom is 0.376 e. The van der Waals surface area contributed by atoms with E-state index in [0.717, 1.165) is 0 Å². The minimum Gasteiger partial charge on any atom is -0.507 e. The van der Waals surface area contributed by atoms with Crippen LogP contribution in [0, 0.1) is 0 Å². The van der Waals surface area contributed by atoms with Gasteiger partial charge in [-0.25, -0.2) is 4.79 Å². The molecule has 0 atom stereocenters. The van der Waals surface area contributed by atoms with Crippen LogP contribution in [0.1, 0.15) is 5.56 Å². The largest absolute Gasteiger partial charge is 0.507 e. The summed E-state index contributed by atoms with van der Waals surface area (Å²) in [6.45, 7) is 0. The highest BCUT2D eigenvalue weighted by atomic mass is 35.5. The van der Waals surface area contributed by atoms with Gasteiger partial charge in [-0.1, -0.05) is 11.6 Å². The van der Waals surface area contributed by atoms with Crippen molar-refractivity contribution >= 4 is 29.1 Å². The first-order valence-corrected chi connectivity index (χ1v) is 4.85. The minimum atomic E-state index is -1.66. The third-order valence-corrected chi connectivity index (χ3v) is 2.15. The van der Waals surface area contributed by atoms with Crippen LogP contribution in [0.3, 0.4) is 0 Å². The second-order valence-corrected chi connectivity index (χ2v) is 3.48. The number of aliphatic carboxylic acids is 1. The fourth-order valence-electron chi connectivity index (χ4n) is 1.14. The molecule has 0 saturated heterocycles. The zero-order valence-corrected chi connectivity index (χ0v) is 9.56. The van der Waals surface area contributed by atoms with Gasteiger partial charge in [-0.2, -0.15) is 0 Å². The molecule has 0 bridgehead atoms. The van der Waals surface area contributed by atoms with Crippen LogP contribution in [0.2, 0.25) is 5.02 Å². The quantitative estimate of drug-likeness (QED) is 0.488. The second kappa shape index (κ2) is 5.36. The fraction of sp³-hybridized carbons (Fsp3) is 0.0909. The molecular weight excluding hydrogens is 248 g/mol. The molecule has 0 amide bonds. The summed E-state index contributed by atoms with van der Waals surface area (Å²) >= 11 is 5.72. The molecule has 1 aromatic carbocycles. The number of hydrogen-bond donors (Lipinski definition) is 2. The molecule has 0 heterocycles. The molecule has 0 radical (unpaired) electrons. The number of benzene rings is 1. The molecule has 90 valence electrons. The standard InChI is InChI=1S/C11H9ClO5/c1-17-10-3-2-6(12)4-7(10)8(13)5-9(14)11(15)16/h2-5,13H,1H3,(H,15,16). The van der Waals surface area contributed by atoms with Gasteiger partial charge in [0.05, 0.1) is 12.7 Å². The minimum absolute atomic E-state index is 0.148. The van der Waals surface area contributed by atoms with E-state index in [1.54, 1.807) is 0 Å². The molecule has 0 saturated carbocycles. The van der Waals surface area contributed by atoms with Crippen molar-refractivity contribution in [3.63, 3.8) is 0 Å². The highest BCUT2D eigenvalue weighted by Crippen LogP contribution is 2.27. The van der Waals surface area contributed by atoms with E-state index in [1.807, 2.05) is 0 Å². The van der Waals surface area contributed by atoms with Gasteiger partial charge in [0.25, 0.3) is 5.78 Å². The van der Waals surface area contributed by atoms with Gasteiger partial charge in [0.1, 0.15) is 11.5 Å². The van der Waals surface area contributed by atoms with Crippen molar-refractivity contribution in [3.05, 3.63) is 34.9 Å². The van der Waals surface area contributed by atoms with E-state index in [1.165, 1.54) is 25.3 Å². The number of carboxylic acids is 1. The average Bonchev–Trinajstić information content (AvgIpc) is 2.28. The Morgan fingerprint density at radius 1 is 1.35 bits per heavy atom. The normalized spacial score (nSPS) is 11.1. The van der Waals surface area contributed by atoms with Crippen LogP contribution in [-0.4, -0.2) is 29.1 Å².